The van der Waals surface area contributed by atoms with E-state index >= 15 is 0 Å². The van der Waals surface area contributed by atoms with Crippen LogP contribution in [0, 0.1) is 5.82 Å². The minimum atomic E-state index is -3.93. The van der Waals surface area contributed by atoms with Crippen molar-refractivity contribution >= 4 is 27.3 Å². The lowest BCUT2D eigenvalue weighted by Gasteiger charge is -2.24. The van der Waals surface area contributed by atoms with E-state index in [1.54, 1.807) is 43.5 Å². The number of hydrogen-bond donors (Lipinski definition) is 1. The first-order valence-electron chi connectivity index (χ1n) is 9.45. The summed E-state index contributed by atoms with van der Waals surface area (Å²) in [6.45, 7) is 0.947. The summed E-state index contributed by atoms with van der Waals surface area (Å²) in [5.41, 5.74) is 1.03. The molecule has 1 aliphatic heterocycles. The zero-order valence-electron chi connectivity index (χ0n) is 15.7. The van der Waals surface area contributed by atoms with E-state index < -0.39 is 16.0 Å². The van der Waals surface area contributed by atoms with Gasteiger partial charge in [0.05, 0.1) is 23.2 Å². The molecule has 2 aromatic carbocycles. The molecule has 0 radical (unpaired) electrons. The molecule has 0 aromatic heterocycles. The second kappa shape index (κ2) is 7.69. The van der Waals surface area contributed by atoms with Gasteiger partial charge in [0, 0.05) is 26.2 Å². The molecule has 0 amide bonds. The Labute approximate surface area is 165 Å². The molecule has 0 unspecified atom stereocenters. The highest BCUT2D eigenvalue weighted by Crippen LogP contribution is 2.45. The maximum atomic E-state index is 14.4. The Balaban J connectivity index is 1.60. The number of anilines is 3. The Morgan fingerprint density at radius 3 is 2.39 bits per heavy atom. The first kappa shape index (κ1) is 19.2. The SMILES string of the molecule is CO[C@@H](CCN1c2ccccc2N(c2ccccc2F)S1(=O)=O)CNC1CC1. The van der Waals surface area contributed by atoms with Gasteiger partial charge in [-0.2, -0.15) is 8.42 Å². The van der Waals surface area contributed by atoms with Gasteiger partial charge in [0.1, 0.15) is 5.82 Å². The highest BCUT2D eigenvalue weighted by Gasteiger charge is 2.42. The zero-order chi connectivity index (χ0) is 19.7. The molecule has 4 rings (SSSR count). The molecule has 0 spiro atoms. The number of nitrogens with zero attached hydrogens (tertiary/aromatic N) is 2. The van der Waals surface area contributed by atoms with Crippen molar-refractivity contribution in [2.45, 2.75) is 31.4 Å². The molecular formula is C20H24FN3O3S. The van der Waals surface area contributed by atoms with Crippen LogP contribution in [-0.4, -0.2) is 40.8 Å². The van der Waals surface area contributed by atoms with E-state index in [0.29, 0.717) is 30.4 Å². The Bertz CT molecular complexity index is 949. The van der Waals surface area contributed by atoms with E-state index in [0.717, 1.165) is 4.31 Å². The normalized spacial score (nSPS) is 18.9. The molecule has 1 atom stereocenters. The molecule has 2 aromatic rings. The minimum absolute atomic E-state index is 0.0242. The Morgan fingerprint density at radius 2 is 1.75 bits per heavy atom. The highest BCUT2D eigenvalue weighted by atomic mass is 32.2. The predicted molar refractivity (Wildman–Crippen MR) is 108 cm³/mol. The smallest absolute Gasteiger partial charge is 0.331 e. The van der Waals surface area contributed by atoms with Crippen molar-refractivity contribution < 1.29 is 17.5 Å². The van der Waals surface area contributed by atoms with Crippen molar-refractivity contribution in [3.8, 4) is 0 Å². The van der Waals surface area contributed by atoms with Crippen LogP contribution in [0.15, 0.2) is 48.5 Å². The Hall–Kier alpha value is -2.16. The van der Waals surface area contributed by atoms with Crippen LogP contribution in [0.5, 0.6) is 0 Å². The number of halogens is 1. The van der Waals surface area contributed by atoms with Crippen LogP contribution < -0.4 is 13.9 Å². The maximum absolute atomic E-state index is 14.4. The number of fused-ring (bicyclic) bond motifs is 1. The number of nitrogens with one attached hydrogen (secondary N) is 1. The van der Waals surface area contributed by atoms with E-state index in [2.05, 4.69) is 5.32 Å². The average Bonchev–Trinajstić information content (AvgIpc) is 3.48. The zero-order valence-corrected chi connectivity index (χ0v) is 16.5. The van der Waals surface area contributed by atoms with Gasteiger partial charge in [-0.1, -0.05) is 24.3 Å². The third-order valence-electron chi connectivity index (χ3n) is 5.15. The summed E-state index contributed by atoms with van der Waals surface area (Å²) in [7, 11) is -2.30. The van der Waals surface area contributed by atoms with Crippen LogP contribution in [0.4, 0.5) is 21.5 Å². The minimum Gasteiger partial charge on any atom is -0.380 e. The topological polar surface area (TPSA) is 61.9 Å². The summed E-state index contributed by atoms with van der Waals surface area (Å²) in [6, 6.07) is 13.5. The van der Waals surface area contributed by atoms with Crippen molar-refractivity contribution in [1.82, 2.24) is 5.32 Å². The molecule has 2 aliphatic rings. The van der Waals surface area contributed by atoms with Crippen molar-refractivity contribution in [2.75, 3.05) is 28.8 Å². The van der Waals surface area contributed by atoms with Crippen molar-refractivity contribution in [3.63, 3.8) is 0 Å². The van der Waals surface area contributed by atoms with Crippen LogP contribution in [-0.2, 0) is 14.9 Å². The molecule has 0 bridgehead atoms. The summed E-state index contributed by atoms with van der Waals surface area (Å²) >= 11 is 0. The van der Waals surface area contributed by atoms with E-state index in [1.807, 2.05) is 0 Å². The first-order chi connectivity index (χ1) is 13.5. The second-order valence-corrected chi connectivity index (χ2v) is 8.81. The Kier molecular flexibility index (Phi) is 5.27. The van der Waals surface area contributed by atoms with Gasteiger partial charge < -0.3 is 10.1 Å². The molecule has 8 heteroatoms. The molecule has 1 saturated carbocycles. The summed E-state index contributed by atoms with van der Waals surface area (Å²) in [6.07, 6.45) is 2.81. The first-order valence-corrected chi connectivity index (χ1v) is 10.8. The molecule has 150 valence electrons. The van der Waals surface area contributed by atoms with Gasteiger partial charge in [0.15, 0.2) is 0 Å². The summed E-state index contributed by atoms with van der Waals surface area (Å²) in [5.74, 6) is -0.578. The number of methoxy groups -OCH3 is 1. The average molecular weight is 405 g/mol. The van der Waals surface area contributed by atoms with E-state index in [4.69, 9.17) is 4.74 Å². The number of rotatable bonds is 8. The summed E-state index contributed by atoms with van der Waals surface area (Å²) in [4.78, 5) is 0. The van der Waals surface area contributed by atoms with E-state index in [9.17, 15) is 12.8 Å². The fourth-order valence-corrected chi connectivity index (χ4v) is 5.19. The van der Waals surface area contributed by atoms with Crippen LogP contribution in [0.25, 0.3) is 0 Å². The molecule has 28 heavy (non-hydrogen) atoms. The lowest BCUT2D eigenvalue weighted by Crippen LogP contribution is -2.39. The van der Waals surface area contributed by atoms with E-state index in [-0.39, 0.29) is 18.3 Å². The lowest BCUT2D eigenvalue weighted by molar-refractivity contribution is 0.0964. The number of hydrogen-bond acceptors (Lipinski definition) is 4. The number of benzene rings is 2. The van der Waals surface area contributed by atoms with Gasteiger partial charge in [-0.05, 0) is 43.5 Å². The van der Waals surface area contributed by atoms with Crippen LogP contribution in [0.1, 0.15) is 19.3 Å². The third-order valence-corrected chi connectivity index (χ3v) is 6.94. The van der Waals surface area contributed by atoms with Crippen molar-refractivity contribution in [3.05, 3.63) is 54.3 Å². The molecule has 1 fully saturated rings. The third kappa shape index (κ3) is 3.59. The molecule has 1 aliphatic carbocycles. The highest BCUT2D eigenvalue weighted by molar-refractivity contribution is 7.95. The van der Waals surface area contributed by atoms with Crippen LogP contribution >= 0.6 is 0 Å². The van der Waals surface area contributed by atoms with Gasteiger partial charge in [-0.3, -0.25) is 4.31 Å². The van der Waals surface area contributed by atoms with Gasteiger partial charge in [0.2, 0.25) is 0 Å². The van der Waals surface area contributed by atoms with Crippen molar-refractivity contribution in [1.29, 1.82) is 0 Å². The monoisotopic (exact) mass is 405 g/mol. The van der Waals surface area contributed by atoms with Gasteiger partial charge in [-0.25, -0.2) is 8.70 Å². The second-order valence-electron chi connectivity index (χ2n) is 7.11. The van der Waals surface area contributed by atoms with Crippen molar-refractivity contribution in [2.24, 2.45) is 0 Å². The predicted octanol–water partition coefficient (Wildman–Crippen LogP) is 3.19. The quantitative estimate of drug-likeness (QED) is 0.733. The molecule has 0 saturated heterocycles. The Morgan fingerprint density at radius 1 is 1.11 bits per heavy atom. The largest absolute Gasteiger partial charge is 0.380 e. The molecule has 1 N–H and O–H groups in total. The van der Waals surface area contributed by atoms with Gasteiger partial charge >= 0.3 is 10.2 Å². The fraction of sp³-hybridized carbons (Fsp3) is 0.400. The molecular weight excluding hydrogens is 381 g/mol. The van der Waals surface area contributed by atoms with Crippen LogP contribution in [0.2, 0.25) is 0 Å². The number of para-hydroxylation sites is 3. The molecule has 1 heterocycles. The van der Waals surface area contributed by atoms with Crippen LogP contribution in [0.3, 0.4) is 0 Å². The summed E-state index contributed by atoms with van der Waals surface area (Å²) < 4.78 is 49.0. The number of ether oxygens (including phenoxy) is 1. The van der Waals surface area contributed by atoms with E-state index in [1.165, 1.54) is 29.3 Å². The molecule has 6 nitrogen and oxygen atoms in total. The summed E-state index contributed by atoms with van der Waals surface area (Å²) in [5, 5.41) is 3.41. The fourth-order valence-electron chi connectivity index (χ4n) is 3.45. The maximum Gasteiger partial charge on any atom is 0.331 e. The van der Waals surface area contributed by atoms with Gasteiger partial charge in [-0.15, -0.1) is 0 Å². The lowest BCUT2D eigenvalue weighted by atomic mass is 10.2. The standard InChI is InChI=1S/C20H24FN3O3S/c1-27-16(14-22-15-10-11-15)12-13-23-19-8-4-5-9-20(19)24(28(23,25)26)18-7-3-2-6-17(18)21/h2-9,15-16,22H,10-14H2,1H3/t16-/m0/s1. The van der Waals surface area contributed by atoms with Gasteiger partial charge in [0.25, 0.3) is 0 Å².